The molecule has 1 saturated heterocycles. The molecule has 0 aromatic heterocycles. The second-order valence-corrected chi connectivity index (χ2v) is 3.83. The normalized spacial score (nSPS) is 27.0. The molecule has 0 amide bonds. The van der Waals surface area contributed by atoms with Crippen LogP contribution in [0.1, 0.15) is 32.6 Å². The van der Waals surface area contributed by atoms with Crippen molar-refractivity contribution in [3.05, 3.63) is 0 Å². The third-order valence-corrected chi connectivity index (χ3v) is 2.76. The van der Waals surface area contributed by atoms with Crippen LogP contribution >= 0.6 is 0 Å². The van der Waals surface area contributed by atoms with E-state index in [4.69, 9.17) is 0 Å². The number of likely N-dealkylation sites (N-methyl/N-ethyl adjacent to an activating group) is 1. The van der Waals surface area contributed by atoms with Gasteiger partial charge in [-0.1, -0.05) is 19.8 Å². The van der Waals surface area contributed by atoms with Gasteiger partial charge in [-0.3, -0.25) is 0 Å². The summed E-state index contributed by atoms with van der Waals surface area (Å²) in [6.45, 7) is 5.93. The Kier molecular flexibility index (Phi) is 4.62. The Morgan fingerprint density at radius 1 is 1.50 bits per heavy atom. The van der Waals surface area contributed by atoms with Crippen LogP contribution in [0.25, 0.3) is 0 Å². The van der Waals surface area contributed by atoms with E-state index in [1.807, 2.05) is 0 Å². The zero-order valence-corrected chi connectivity index (χ0v) is 8.47. The van der Waals surface area contributed by atoms with Gasteiger partial charge in [0.2, 0.25) is 0 Å². The summed E-state index contributed by atoms with van der Waals surface area (Å²) in [5, 5.41) is 3.49. The molecule has 0 saturated carbocycles. The lowest BCUT2D eigenvalue weighted by Crippen LogP contribution is -2.36. The van der Waals surface area contributed by atoms with Crippen molar-refractivity contribution in [3.63, 3.8) is 0 Å². The van der Waals surface area contributed by atoms with Crippen molar-refractivity contribution in [1.82, 2.24) is 10.2 Å². The van der Waals surface area contributed by atoms with Gasteiger partial charge in [0.1, 0.15) is 0 Å². The summed E-state index contributed by atoms with van der Waals surface area (Å²) < 4.78 is 0. The van der Waals surface area contributed by atoms with E-state index in [-0.39, 0.29) is 0 Å². The number of hydrogen-bond donors (Lipinski definition) is 1. The van der Waals surface area contributed by atoms with Crippen LogP contribution in [-0.2, 0) is 0 Å². The van der Waals surface area contributed by atoms with E-state index in [1.165, 1.54) is 45.3 Å². The highest BCUT2D eigenvalue weighted by Gasteiger charge is 2.15. The molecule has 1 rings (SSSR count). The van der Waals surface area contributed by atoms with Gasteiger partial charge in [-0.15, -0.1) is 0 Å². The van der Waals surface area contributed by atoms with Gasteiger partial charge in [-0.2, -0.15) is 0 Å². The van der Waals surface area contributed by atoms with Crippen molar-refractivity contribution in [2.75, 3.05) is 26.7 Å². The minimum atomic E-state index is 0.785. The highest BCUT2D eigenvalue weighted by atomic mass is 15.2. The third-order valence-electron chi connectivity index (χ3n) is 2.76. The van der Waals surface area contributed by atoms with E-state index in [2.05, 4.69) is 24.2 Å². The predicted octanol–water partition coefficient (Wildman–Crippen LogP) is 1.47. The zero-order chi connectivity index (χ0) is 8.81. The molecule has 0 radical (unpaired) electrons. The van der Waals surface area contributed by atoms with Crippen molar-refractivity contribution in [2.45, 2.75) is 38.6 Å². The summed E-state index contributed by atoms with van der Waals surface area (Å²) in [7, 11) is 2.26. The SMILES string of the molecule is CCCCC1CNCCCN1C. The van der Waals surface area contributed by atoms with E-state index >= 15 is 0 Å². The van der Waals surface area contributed by atoms with Crippen LogP contribution in [0.4, 0.5) is 0 Å². The fourth-order valence-corrected chi connectivity index (χ4v) is 1.82. The van der Waals surface area contributed by atoms with Crippen LogP contribution in [0.2, 0.25) is 0 Å². The molecule has 1 atom stereocenters. The molecule has 0 aromatic rings. The van der Waals surface area contributed by atoms with Crippen molar-refractivity contribution < 1.29 is 0 Å². The molecule has 0 bridgehead atoms. The summed E-state index contributed by atoms with van der Waals surface area (Å²) in [4.78, 5) is 2.51. The highest BCUT2D eigenvalue weighted by Crippen LogP contribution is 2.08. The predicted molar refractivity (Wildman–Crippen MR) is 53.4 cm³/mol. The zero-order valence-electron chi connectivity index (χ0n) is 8.47. The molecule has 2 heteroatoms. The Labute approximate surface area is 76.3 Å². The van der Waals surface area contributed by atoms with Crippen LogP contribution in [0.3, 0.4) is 0 Å². The van der Waals surface area contributed by atoms with Crippen molar-refractivity contribution >= 4 is 0 Å². The smallest absolute Gasteiger partial charge is 0.0217 e. The van der Waals surface area contributed by atoms with E-state index in [0.717, 1.165) is 6.04 Å². The second-order valence-electron chi connectivity index (χ2n) is 3.83. The molecule has 1 fully saturated rings. The van der Waals surface area contributed by atoms with Crippen LogP contribution in [0.5, 0.6) is 0 Å². The molecule has 0 aromatic carbocycles. The summed E-state index contributed by atoms with van der Waals surface area (Å²) >= 11 is 0. The largest absolute Gasteiger partial charge is 0.315 e. The molecule has 1 unspecified atom stereocenters. The first-order chi connectivity index (χ1) is 5.84. The maximum Gasteiger partial charge on any atom is 0.0217 e. The lowest BCUT2D eigenvalue weighted by Gasteiger charge is -2.25. The molecule has 1 heterocycles. The first kappa shape index (κ1) is 10.0. The van der Waals surface area contributed by atoms with Gasteiger partial charge in [0, 0.05) is 12.6 Å². The van der Waals surface area contributed by atoms with E-state index in [9.17, 15) is 0 Å². The summed E-state index contributed by atoms with van der Waals surface area (Å²) in [5.41, 5.74) is 0. The Balaban J connectivity index is 2.26. The summed E-state index contributed by atoms with van der Waals surface area (Å²) in [6, 6.07) is 0.785. The molecule has 12 heavy (non-hydrogen) atoms. The minimum absolute atomic E-state index is 0.785. The van der Waals surface area contributed by atoms with Crippen molar-refractivity contribution in [2.24, 2.45) is 0 Å². The Bertz CT molecular complexity index is 114. The third kappa shape index (κ3) is 3.11. The van der Waals surface area contributed by atoms with E-state index < -0.39 is 0 Å². The fourth-order valence-electron chi connectivity index (χ4n) is 1.82. The molecule has 1 aliphatic heterocycles. The highest BCUT2D eigenvalue weighted by molar-refractivity contribution is 4.74. The van der Waals surface area contributed by atoms with Gasteiger partial charge >= 0.3 is 0 Å². The van der Waals surface area contributed by atoms with Crippen LogP contribution in [-0.4, -0.2) is 37.6 Å². The number of nitrogens with zero attached hydrogens (tertiary/aromatic N) is 1. The van der Waals surface area contributed by atoms with Gasteiger partial charge in [-0.25, -0.2) is 0 Å². The Hall–Kier alpha value is -0.0800. The summed E-state index contributed by atoms with van der Waals surface area (Å²) in [5.74, 6) is 0. The number of nitrogens with one attached hydrogen (secondary N) is 1. The van der Waals surface area contributed by atoms with Crippen LogP contribution in [0, 0.1) is 0 Å². The second kappa shape index (κ2) is 5.55. The molecule has 0 spiro atoms. The topological polar surface area (TPSA) is 15.3 Å². The van der Waals surface area contributed by atoms with Gasteiger partial charge in [0.05, 0.1) is 0 Å². The number of rotatable bonds is 3. The average Bonchev–Trinajstić information content (AvgIpc) is 2.27. The monoisotopic (exact) mass is 170 g/mol. The first-order valence-electron chi connectivity index (χ1n) is 5.25. The lowest BCUT2D eigenvalue weighted by atomic mass is 10.1. The number of hydrogen-bond acceptors (Lipinski definition) is 2. The maximum absolute atomic E-state index is 3.49. The molecular formula is C10H22N2. The number of unbranched alkanes of at least 4 members (excludes halogenated alkanes) is 1. The van der Waals surface area contributed by atoms with Gasteiger partial charge in [0.25, 0.3) is 0 Å². The van der Waals surface area contributed by atoms with E-state index in [1.54, 1.807) is 0 Å². The fraction of sp³-hybridized carbons (Fsp3) is 1.00. The maximum atomic E-state index is 3.49. The molecule has 1 aliphatic rings. The van der Waals surface area contributed by atoms with Gasteiger partial charge < -0.3 is 10.2 Å². The average molecular weight is 170 g/mol. The standard InChI is InChI=1S/C10H22N2/c1-3-4-6-10-9-11-7-5-8-12(10)2/h10-11H,3-9H2,1-2H3. The summed E-state index contributed by atoms with van der Waals surface area (Å²) in [6.07, 6.45) is 5.36. The van der Waals surface area contributed by atoms with Crippen LogP contribution < -0.4 is 5.32 Å². The van der Waals surface area contributed by atoms with Crippen molar-refractivity contribution in [3.8, 4) is 0 Å². The quantitative estimate of drug-likeness (QED) is 0.690. The molecular weight excluding hydrogens is 148 g/mol. The Morgan fingerprint density at radius 3 is 3.08 bits per heavy atom. The first-order valence-corrected chi connectivity index (χ1v) is 5.25. The van der Waals surface area contributed by atoms with Gasteiger partial charge in [-0.05, 0) is 33.0 Å². The Morgan fingerprint density at radius 2 is 2.33 bits per heavy atom. The minimum Gasteiger partial charge on any atom is -0.315 e. The lowest BCUT2D eigenvalue weighted by molar-refractivity contribution is 0.241. The molecule has 1 N–H and O–H groups in total. The molecule has 0 aliphatic carbocycles. The van der Waals surface area contributed by atoms with Crippen LogP contribution in [0.15, 0.2) is 0 Å². The van der Waals surface area contributed by atoms with Crippen molar-refractivity contribution in [1.29, 1.82) is 0 Å². The van der Waals surface area contributed by atoms with E-state index in [0.29, 0.717) is 0 Å². The molecule has 72 valence electrons. The molecule has 2 nitrogen and oxygen atoms in total. The van der Waals surface area contributed by atoms with Gasteiger partial charge in [0.15, 0.2) is 0 Å².